The zero-order chi connectivity index (χ0) is 17.6. The van der Waals surface area contributed by atoms with Crippen LogP contribution in [0.15, 0.2) is 18.2 Å². The molecule has 1 aliphatic heterocycles. The minimum atomic E-state index is -0.230. The maximum atomic E-state index is 12.2. The fraction of sp³-hybridized carbons (Fsp3) is 0.579. The normalized spacial score (nSPS) is 17.8. The molecule has 5 nitrogen and oxygen atoms in total. The van der Waals surface area contributed by atoms with E-state index in [1.165, 1.54) is 43.4 Å². The Morgan fingerprint density at radius 2 is 2.08 bits per heavy atom. The van der Waals surface area contributed by atoms with Crippen LogP contribution in [0.25, 0.3) is 0 Å². The molecule has 0 saturated heterocycles. The number of carbonyl (C=O) groups is 2. The SMILES string of the molecule is O=C(CN1C(=O)COc2ccc(Cl)cc21)NCCCC1CCCCC1. The van der Waals surface area contributed by atoms with Crippen molar-refractivity contribution in [1.82, 2.24) is 5.32 Å². The lowest BCUT2D eigenvalue weighted by atomic mass is 9.86. The second-order valence-electron chi connectivity index (χ2n) is 6.88. The van der Waals surface area contributed by atoms with Gasteiger partial charge in [-0.15, -0.1) is 0 Å². The van der Waals surface area contributed by atoms with Gasteiger partial charge in [-0.2, -0.15) is 0 Å². The third-order valence-corrected chi connectivity index (χ3v) is 5.24. The lowest BCUT2D eigenvalue weighted by Gasteiger charge is -2.29. The summed E-state index contributed by atoms with van der Waals surface area (Å²) >= 11 is 6.01. The monoisotopic (exact) mass is 364 g/mol. The summed E-state index contributed by atoms with van der Waals surface area (Å²) in [5.74, 6) is 1.02. The summed E-state index contributed by atoms with van der Waals surface area (Å²) in [5, 5.41) is 3.44. The van der Waals surface area contributed by atoms with Crippen LogP contribution in [0.4, 0.5) is 5.69 Å². The number of hydrogen-bond acceptors (Lipinski definition) is 3. The number of rotatable bonds is 6. The van der Waals surface area contributed by atoms with Crippen molar-refractivity contribution in [3.05, 3.63) is 23.2 Å². The third kappa shape index (κ3) is 4.88. The summed E-state index contributed by atoms with van der Waals surface area (Å²) in [6, 6.07) is 5.09. The summed E-state index contributed by atoms with van der Waals surface area (Å²) in [6.07, 6.45) is 8.88. The van der Waals surface area contributed by atoms with E-state index >= 15 is 0 Å². The molecule has 1 heterocycles. The molecule has 2 aliphatic rings. The average Bonchev–Trinajstić information content (AvgIpc) is 2.62. The highest BCUT2D eigenvalue weighted by Gasteiger charge is 2.27. The molecule has 1 N–H and O–H groups in total. The van der Waals surface area contributed by atoms with Gasteiger partial charge in [0.25, 0.3) is 5.91 Å². The molecular formula is C19H25ClN2O3. The summed E-state index contributed by atoms with van der Waals surface area (Å²) in [6.45, 7) is 0.610. The van der Waals surface area contributed by atoms with Gasteiger partial charge in [-0.25, -0.2) is 0 Å². The van der Waals surface area contributed by atoms with E-state index in [1.807, 2.05) is 0 Å². The van der Waals surface area contributed by atoms with Crippen LogP contribution in [0.2, 0.25) is 5.02 Å². The lowest BCUT2D eigenvalue weighted by Crippen LogP contribution is -2.45. The van der Waals surface area contributed by atoms with Crippen LogP contribution in [0, 0.1) is 5.92 Å². The highest BCUT2D eigenvalue weighted by Crippen LogP contribution is 2.34. The standard InChI is InChI=1S/C19H25ClN2O3/c20-15-8-9-17-16(11-15)22(19(24)13-25-17)12-18(23)21-10-4-7-14-5-2-1-3-6-14/h8-9,11,14H,1-7,10,12-13H2,(H,21,23). The molecular weight excluding hydrogens is 340 g/mol. The third-order valence-electron chi connectivity index (χ3n) is 5.00. The van der Waals surface area contributed by atoms with E-state index in [4.69, 9.17) is 16.3 Å². The number of anilines is 1. The quantitative estimate of drug-likeness (QED) is 0.785. The number of benzene rings is 1. The Morgan fingerprint density at radius 3 is 2.88 bits per heavy atom. The minimum Gasteiger partial charge on any atom is -0.482 e. The molecule has 0 radical (unpaired) electrons. The highest BCUT2D eigenvalue weighted by molar-refractivity contribution is 6.31. The summed E-state index contributed by atoms with van der Waals surface area (Å²) in [5.41, 5.74) is 0.557. The maximum Gasteiger partial charge on any atom is 0.265 e. The first-order valence-electron chi connectivity index (χ1n) is 9.13. The van der Waals surface area contributed by atoms with E-state index in [0.29, 0.717) is 23.0 Å². The van der Waals surface area contributed by atoms with E-state index in [9.17, 15) is 9.59 Å². The van der Waals surface area contributed by atoms with Crippen molar-refractivity contribution in [3.8, 4) is 5.75 Å². The average molecular weight is 365 g/mol. The predicted octanol–water partition coefficient (Wildman–Crippen LogP) is 3.54. The minimum absolute atomic E-state index is 0.00103. The Balaban J connectivity index is 1.47. The van der Waals surface area contributed by atoms with Crippen LogP contribution < -0.4 is 15.0 Å². The Hall–Kier alpha value is -1.75. The molecule has 1 fully saturated rings. The van der Waals surface area contributed by atoms with Crippen molar-refractivity contribution in [1.29, 1.82) is 0 Å². The van der Waals surface area contributed by atoms with Crippen LogP contribution in [-0.4, -0.2) is 31.5 Å². The molecule has 0 atom stereocenters. The molecule has 0 bridgehead atoms. The van der Waals surface area contributed by atoms with Gasteiger partial charge >= 0.3 is 0 Å². The number of hydrogen-bond donors (Lipinski definition) is 1. The number of fused-ring (bicyclic) bond motifs is 1. The molecule has 6 heteroatoms. The van der Waals surface area contributed by atoms with Crippen molar-refractivity contribution in [2.24, 2.45) is 5.92 Å². The number of nitrogens with zero attached hydrogens (tertiary/aromatic N) is 1. The first-order valence-corrected chi connectivity index (χ1v) is 9.50. The smallest absolute Gasteiger partial charge is 0.265 e. The maximum absolute atomic E-state index is 12.2. The molecule has 1 aromatic carbocycles. The van der Waals surface area contributed by atoms with Crippen LogP contribution in [0.1, 0.15) is 44.9 Å². The Labute approximate surface area is 153 Å². The van der Waals surface area contributed by atoms with Crippen molar-refractivity contribution in [2.75, 3.05) is 24.6 Å². The van der Waals surface area contributed by atoms with Gasteiger partial charge in [0.1, 0.15) is 12.3 Å². The van der Waals surface area contributed by atoms with Crippen molar-refractivity contribution >= 4 is 29.1 Å². The highest BCUT2D eigenvalue weighted by atomic mass is 35.5. The van der Waals surface area contributed by atoms with Crippen molar-refractivity contribution in [3.63, 3.8) is 0 Å². The van der Waals surface area contributed by atoms with Gasteiger partial charge in [-0.1, -0.05) is 43.7 Å². The Bertz CT molecular complexity index is 629. The molecule has 0 unspecified atom stereocenters. The van der Waals surface area contributed by atoms with Crippen LogP contribution in [0.5, 0.6) is 5.75 Å². The van der Waals surface area contributed by atoms with Gasteiger partial charge in [0, 0.05) is 11.6 Å². The van der Waals surface area contributed by atoms with Crippen LogP contribution >= 0.6 is 11.6 Å². The molecule has 1 aromatic rings. The van der Waals surface area contributed by atoms with E-state index in [2.05, 4.69) is 5.32 Å². The van der Waals surface area contributed by atoms with Gasteiger partial charge in [0.2, 0.25) is 5.91 Å². The summed E-state index contributed by atoms with van der Waals surface area (Å²) in [4.78, 5) is 25.8. The topological polar surface area (TPSA) is 58.6 Å². The molecule has 1 saturated carbocycles. The molecule has 2 amide bonds. The molecule has 0 spiro atoms. The lowest BCUT2D eigenvalue weighted by molar-refractivity contribution is -0.125. The van der Waals surface area contributed by atoms with E-state index in [-0.39, 0.29) is 25.0 Å². The fourth-order valence-electron chi connectivity index (χ4n) is 3.64. The first kappa shape index (κ1) is 18.1. The Morgan fingerprint density at radius 1 is 1.28 bits per heavy atom. The number of ether oxygens (including phenoxy) is 1. The first-order chi connectivity index (χ1) is 12.1. The molecule has 0 aromatic heterocycles. The molecule has 25 heavy (non-hydrogen) atoms. The van der Waals surface area contributed by atoms with E-state index in [1.54, 1.807) is 18.2 Å². The molecule has 1 aliphatic carbocycles. The number of amides is 2. The zero-order valence-electron chi connectivity index (χ0n) is 14.4. The molecule has 3 rings (SSSR count). The van der Waals surface area contributed by atoms with Gasteiger partial charge in [0.15, 0.2) is 6.61 Å². The van der Waals surface area contributed by atoms with Crippen LogP contribution in [-0.2, 0) is 9.59 Å². The summed E-state index contributed by atoms with van der Waals surface area (Å²) in [7, 11) is 0. The number of carbonyl (C=O) groups excluding carboxylic acids is 2. The van der Waals surface area contributed by atoms with E-state index < -0.39 is 0 Å². The largest absolute Gasteiger partial charge is 0.482 e. The van der Waals surface area contributed by atoms with E-state index in [0.717, 1.165) is 12.3 Å². The van der Waals surface area contributed by atoms with Gasteiger partial charge in [-0.3, -0.25) is 14.5 Å². The summed E-state index contributed by atoms with van der Waals surface area (Å²) < 4.78 is 5.39. The Kier molecular flexibility index (Phi) is 6.19. The van der Waals surface area contributed by atoms with Gasteiger partial charge in [0.05, 0.1) is 5.69 Å². The predicted molar refractivity (Wildman–Crippen MR) is 98.1 cm³/mol. The fourth-order valence-corrected chi connectivity index (χ4v) is 3.81. The number of halogens is 1. The van der Waals surface area contributed by atoms with Crippen LogP contribution in [0.3, 0.4) is 0 Å². The second-order valence-corrected chi connectivity index (χ2v) is 7.31. The second kappa shape index (κ2) is 8.56. The molecule has 136 valence electrons. The van der Waals surface area contributed by atoms with Gasteiger partial charge < -0.3 is 10.1 Å². The van der Waals surface area contributed by atoms with Crippen molar-refractivity contribution < 1.29 is 14.3 Å². The van der Waals surface area contributed by atoms with Gasteiger partial charge in [-0.05, 0) is 37.0 Å². The number of nitrogens with one attached hydrogen (secondary N) is 1. The zero-order valence-corrected chi connectivity index (χ0v) is 15.2. The van der Waals surface area contributed by atoms with Crippen molar-refractivity contribution in [2.45, 2.75) is 44.9 Å².